The van der Waals surface area contributed by atoms with E-state index in [4.69, 9.17) is 0 Å². The minimum Gasteiger partial charge on any atom is -0.614 e. The van der Waals surface area contributed by atoms with Crippen LogP contribution in [0.25, 0.3) is 0 Å². The minimum absolute atomic E-state index is 0.0135. The largest absolute Gasteiger partial charge is 0.614 e. The maximum absolute atomic E-state index is 12.2. The molecule has 0 bridgehead atoms. The SMILES string of the molecule is CCC1C(=O)NC2(CCN(C)CC2)[S@@+]1[O-]. The number of nitrogens with zero attached hydrogens (tertiary/aromatic N) is 1. The third-order valence-corrected chi connectivity index (χ3v) is 5.80. The lowest BCUT2D eigenvalue weighted by atomic mass is 10.0. The van der Waals surface area contributed by atoms with E-state index in [-0.39, 0.29) is 11.2 Å². The molecule has 0 radical (unpaired) electrons. The molecule has 2 heterocycles. The topological polar surface area (TPSA) is 55.4 Å². The number of carbonyl (C=O) groups is 1. The summed E-state index contributed by atoms with van der Waals surface area (Å²) in [5.74, 6) is -0.0135. The van der Waals surface area contributed by atoms with Crippen LogP contribution in [-0.2, 0) is 16.0 Å². The van der Waals surface area contributed by atoms with Gasteiger partial charge in [0.1, 0.15) is 0 Å². The van der Waals surface area contributed by atoms with Gasteiger partial charge in [0.25, 0.3) is 5.91 Å². The van der Waals surface area contributed by atoms with Crippen molar-refractivity contribution in [1.82, 2.24) is 10.2 Å². The summed E-state index contributed by atoms with van der Waals surface area (Å²) in [6, 6.07) is 0. The summed E-state index contributed by atoms with van der Waals surface area (Å²) in [6.45, 7) is 3.76. The van der Waals surface area contributed by atoms with E-state index in [1.54, 1.807) is 0 Å². The highest BCUT2D eigenvalue weighted by molar-refractivity contribution is 7.94. The zero-order valence-corrected chi connectivity index (χ0v) is 10.1. The van der Waals surface area contributed by atoms with Crippen LogP contribution < -0.4 is 5.32 Å². The molecule has 2 atom stereocenters. The molecule has 1 unspecified atom stereocenters. The zero-order chi connectivity index (χ0) is 11.1. The molecular weight excluding hydrogens is 212 g/mol. The number of rotatable bonds is 1. The number of piperidine rings is 1. The van der Waals surface area contributed by atoms with Gasteiger partial charge in [-0.1, -0.05) is 6.92 Å². The molecule has 1 N–H and O–H groups in total. The molecule has 0 aliphatic carbocycles. The molecule has 2 aliphatic heterocycles. The van der Waals surface area contributed by atoms with Crippen molar-refractivity contribution in [3.63, 3.8) is 0 Å². The fourth-order valence-corrected chi connectivity index (χ4v) is 4.25. The summed E-state index contributed by atoms with van der Waals surface area (Å²) in [7, 11) is 2.06. The highest BCUT2D eigenvalue weighted by Crippen LogP contribution is 2.36. The molecule has 1 spiro atoms. The van der Waals surface area contributed by atoms with E-state index in [0.29, 0.717) is 6.42 Å². The molecule has 5 heteroatoms. The van der Waals surface area contributed by atoms with Crippen molar-refractivity contribution < 1.29 is 9.35 Å². The zero-order valence-electron chi connectivity index (χ0n) is 9.28. The highest BCUT2D eigenvalue weighted by atomic mass is 32.2. The molecule has 2 aliphatic rings. The molecule has 4 nitrogen and oxygen atoms in total. The average molecular weight is 230 g/mol. The second kappa shape index (κ2) is 3.96. The lowest BCUT2D eigenvalue weighted by molar-refractivity contribution is -0.120. The predicted octanol–water partition coefficient (Wildman–Crippen LogP) is 0.0654. The van der Waals surface area contributed by atoms with Crippen molar-refractivity contribution in [2.75, 3.05) is 20.1 Å². The predicted molar refractivity (Wildman–Crippen MR) is 59.8 cm³/mol. The maximum Gasteiger partial charge on any atom is 0.277 e. The molecular formula is C10H18N2O2S. The fraction of sp³-hybridized carbons (Fsp3) is 0.900. The highest BCUT2D eigenvalue weighted by Gasteiger charge is 2.56. The van der Waals surface area contributed by atoms with Crippen LogP contribution in [0.3, 0.4) is 0 Å². The van der Waals surface area contributed by atoms with E-state index in [2.05, 4.69) is 17.3 Å². The Kier molecular flexibility index (Phi) is 2.96. The average Bonchev–Trinajstić information content (AvgIpc) is 2.44. The Morgan fingerprint density at radius 2 is 2.20 bits per heavy atom. The minimum atomic E-state index is -1.04. The molecule has 0 aromatic rings. The van der Waals surface area contributed by atoms with Crippen molar-refractivity contribution in [2.45, 2.75) is 36.3 Å². The van der Waals surface area contributed by atoms with Gasteiger partial charge in [0.05, 0.1) is 0 Å². The van der Waals surface area contributed by atoms with Gasteiger partial charge in [-0.15, -0.1) is 0 Å². The quantitative estimate of drug-likeness (QED) is 0.648. The summed E-state index contributed by atoms with van der Waals surface area (Å²) >= 11 is -1.04. The van der Waals surface area contributed by atoms with Crippen LogP contribution in [0.5, 0.6) is 0 Å². The van der Waals surface area contributed by atoms with Gasteiger partial charge in [-0.25, -0.2) is 0 Å². The van der Waals surface area contributed by atoms with Gasteiger partial charge in [-0.05, 0) is 18.2 Å². The van der Waals surface area contributed by atoms with Gasteiger partial charge in [0.15, 0.2) is 5.25 Å². The molecule has 0 aromatic heterocycles. The van der Waals surface area contributed by atoms with Crippen molar-refractivity contribution in [1.29, 1.82) is 0 Å². The Hall–Kier alpha value is -0.260. The lowest BCUT2D eigenvalue weighted by Crippen LogP contribution is -2.53. The summed E-state index contributed by atoms with van der Waals surface area (Å²) in [4.78, 5) is 13.5. The normalized spacial score (nSPS) is 35.8. The van der Waals surface area contributed by atoms with Crippen LogP contribution in [0.15, 0.2) is 0 Å². The first-order valence-corrected chi connectivity index (χ1v) is 6.71. The first-order valence-electron chi connectivity index (χ1n) is 5.50. The monoisotopic (exact) mass is 230 g/mol. The smallest absolute Gasteiger partial charge is 0.277 e. The van der Waals surface area contributed by atoms with Gasteiger partial charge in [-0.3, -0.25) is 4.79 Å². The van der Waals surface area contributed by atoms with Crippen LogP contribution in [0.4, 0.5) is 0 Å². The second-order valence-corrected chi connectivity index (χ2v) is 6.43. The fourth-order valence-electron chi connectivity index (χ4n) is 2.37. The van der Waals surface area contributed by atoms with Crippen molar-refractivity contribution in [3.8, 4) is 0 Å². The van der Waals surface area contributed by atoms with Gasteiger partial charge in [0, 0.05) is 32.4 Å². The maximum atomic E-state index is 12.2. The number of carbonyl (C=O) groups excluding carboxylic acids is 1. The second-order valence-electron chi connectivity index (χ2n) is 4.48. The summed E-state index contributed by atoms with van der Waals surface area (Å²) in [6.07, 6.45) is 2.31. The van der Waals surface area contributed by atoms with Crippen LogP contribution in [0, 0.1) is 0 Å². The van der Waals surface area contributed by atoms with Crippen LogP contribution >= 0.6 is 0 Å². The first-order chi connectivity index (χ1) is 7.09. The Morgan fingerprint density at radius 1 is 1.60 bits per heavy atom. The van der Waals surface area contributed by atoms with Gasteiger partial charge >= 0.3 is 0 Å². The number of hydrogen-bond acceptors (Lipinski definition) is 3. The summed E-state index contributed by atoms with van der Waals surface area (Å²) in [5.41, 5.74) is 0. The van der Waals surface area contributed by atoms with E-state index >= 15 is 0 Å². The van der Waals surface area contributed by atoms with Crippen molar-refractivity contribution in [2.24, 2.45) is 0 Å². The molecule has 86 valence electrons. The number of hydrogen-bond donors (Lipinski definition) is 1. The molecule has 0 saturated carbocycles. The molecule has 15 heavy (non-hydrogen) atoms. The van der Waals surface area contributed by atoms with E-state index < -0.39 is 16.0 Å². The molecule has 2 saturated heterocycles. The van der Waals surface area contributed by atoms with Gasteiger partial charge in [-0.2, -0.15) is 0 Å². The Morgan fingerprint density at radius 3 is 2.67 bits per heavy atom. The van der Waals surface area contributed by atoms with Crippen LogP contribution in [-0.4, -0.2) is 45.6 Å². The Labute approximate surface area is 93.6 Å². The molecule has 0 aromatic carbocycles. The molecule has 2 fully saturated rings. The lowest BCUT2D eigenvalue weighted by Gasteiger charge is -2.37. The first kappa shape index (κ1) is 11.2. The van der Waals surface area contributed by atoms with Crippen molar-refractivity contribution in [3.05, 3.63) is 0 Å². The molecule has 1 amide bonds. The Balaban J connectivity index is 2.13. The van der Waals surface area contributed by atoms with E-state index in [9.17, 15) is 9.35 Å². The van der Waals surface area contributed by atoms with Crippen molar-refractivity contribution >= 4 is 17.1 Å². The third kappa shape index (κ3) is 1.77. The van der Waals surface area contributed by atoms with Crippen LogP contribution in [0.1, 0.15) is 26.2 Å². The number of likely N-dealkylation sites (tertiary alicyclic amines) is 1. The Bertz CT molecular complexity index is 264. The van der Waals surface area contributed by atoms with E-state index in [1.807, 2.05) is 6.92 Å². The van der Waals surface area contributed by atoms with E-state index in [1.165, 1.54) is 0 Å². The summed E-state index contributed by atoms with van der Waals surface area (Å²) < 4.78 is 12.2. The van der Waals surface area contributed by atoms with E-state index in [0.717, 1.165) is 25.9 Å². The summed E-state index contributed by atoms with van der Waals surface area (Å²) in [5, 5.41) is 2.69. The van der Waals surface area contributed by atoms with Gasteiger partial charge < -0.3 is 14.8 Å². The van der Waals surface area contributed by atoms with Gasteiger partial charge in [0.2, 0.25) is 4.87 Å². The number of amides is 1. The van der Waals surface area contributed by atoms with Crippen LogP contribution in [0.2, 0.25) is 0 Å². The number of nitrogens with one attached hydrogen (secondary N) is 1. The third-order valence-electron chi connectivity index (χ3n) is 3.45. The standard InChI is InChI=1S/C10H18N2O2S/c1-3-8-9(13)11-10(15(8)14)4-6-12(2)7-5-10/h8H,3-7H2,1-2H3,(H,11,13)/t8?,15-/m0/s1. The molecule has 2 rings (SSSR count).